The lowest BCUT2D eigenvalue weighted by atomic mass is 10.3. The molecule has 0 aromatic carbocycles. The van der Waals surface area contributed by atoms with Crippen molar-refractivity contribution in [1.82, 2.24) is 10.2 Å². The predicted molar refractivity (Wildman–Crippen MR) is 35.0 cm³/mol. The number of hydrazone groups is 1. The molecule has 48 valence electrons. The van der Waals surface area contributed by atoms with Crippen LogP contribution in [0.15, 0.2) is 17.4 Å². The van der Waals surface area contributed by atoms with E-state index in [1.54, 1.807) is 6.20 Å². The molecule has 1 heterocycles. The average Bonchev–Trinajstić information content (AvgIpc) is 2.37. The Bertz CT molecular complexity index is 199. The molecule has 0 saturated carbocycles. The van der Waals surface area contributed by atoms with Gasteiger partial charge in [0.2, 0.25) is 0 Å². The minimum absolute atomic E-state index is 0.757. The molecule has 0 saturated heterocycles. The predicted octanol–water partition coefficient (Wildman–Crippen LogP) is 0.0924. The van der Waals surface area contributed by atoms with Crippen LogP contribution in [0.3, 0.4) is 0 Å². The van der Waals surface area contributed by atoms with Crippen molar-refractivity contribution in [1.29, 1.82) is 0 Å². The summed E-state index contributed by atoms with van der Waals surface area (Å²) in [7, 11) is 0. The molecule has 4 nitrogen and oxygen atoms in total. The van der Waals surface area contributed by atoms with E-state index in [1.807, 2.05) is 13.0 Å². The molecule has 0 spiro atoms. The minimum atomic E-state index is 0.757. The second kappa shape index (κ2) is 2.30. The van der Waals surface area contributed by atoms with Gasteiger partial charge in [-0.1, -0.05) is 0 Å². The van der Waals surface area contributed by atoms with Gasteiger partial charge in [0.25, 0.3) is 0 Å². The van der Waals surface area contributed by atoms with Crippen molar-refractivity contribution < 1.29 is 0 Å². The number of nitrogens with one attached hydrogen (secondary N) is 1. The maximum absolute atomic E-state index is 5.00. The highest BCUT2D eigenvalue weighted by atomic mass is 15.2. The van der Waals surface area contributed by atoms with Crippen LogP contribution in [0, 0.1) is 0 Å². The number of nitrogens with zero attached hydrogens (tertiary/aromatic N) is 2. The zero-order valence-corrected chi connectivity index (χ0v) is 5.13. The number of nitrogens with two attached hydrogens (primary N) is 1. The lowest BCUT2D eigenvalue weighted by Crippen LogP contribution is -1.98. The topological polar surface area (TPSA) is 67.1 Å². The summed E-state index contributed by atoms with van der Waals surface area (Å²) in [5.74, 6) is 5.00. The normalized spacial score (nSPS) is 11.9. The van der Waals surface area contributed by atoms with Crippen molar-refractivity contribution in [3.05, 3.63) is 18.0 Å². The van der Waals surface area contributed by atoms with E-state index in [1.165, 1.54) is 0 Å². The van der Waals surface area contributed by atoms with Crippen molar-refractivity contribution in [2.45, 2.75) is 6.92 Å². The highest BCUT2D eigenvalue weighted by Crippen LogP contribution is 1.91. The standard InChI is InChI=1S/C5H8N4/c1-4(8-6)5-2-3-7-9-5/h2-3H,6H2,1H3,(H,7,9)/b8-4-. The molecule has 1 rings (SSSR count). The zero-order chi connectivity index (χ0) is 6.69. The summed E-state index contributed by atoms with van der Waals surface area (Å²) in [6, 6.07) is 1.81. The van der Waals surface area contributed by atoms with E-state index < -0.39 is 0 Å². The molecular formula is C5H8N4. The van der Waals surface area contributed by atoms with Crippen LogP contribution in [-0.2, 0) is 0 Å². The van der Waals surface area contributed by atoms with Crippen molar-refractivity contribution in [3.63, 3.8) is 0 Å². The van der Waals surface area contributed by atoms with E-state index in [0.717, 1.165) is 11.4 Å². The van der Waals surface area contributed by atoms with Crippen molar-refractivity contribution in [2.75, 3.05) is 0 Å². The Morgan fingerprint density at radius 2 is 2.67 bits per heavy atom. The van der Waals surface area contributed by atoms with Gasteiger partial charge in [-0.25, -0.2) is 0 Å². The van der Waals surface area contributed by atoms with Gasteiger partial charge in [0, 0.05) is 6.20 Å². The third-order valence-electron chi connectivity index (χ3n) is 1.08. The largest absolute Gasteiger partial charge is 0.323 e. The molecule has 4 heteroatoms. The van der Waals surface area contributed by atoms with E-state index in [4.69, 9.17) is 5.84 Å². The van der Waals surface area contributed by atoms with Crippen LogP contribution in [0.5, 0.6) is 0 Å². The summed E-state index contributed by atoms with van der Waals surface area (Å²) in [6.45, 7) is 1.81. The first-order chi connectivity index (χ1) is 4.34. The van der Waals surface area contributed by atoms with Crippen LogP contribution < -0.4 is 5.84 Å². The molecule has 0 bridgehead atoms. The molecule has 0 atom stereocenters. The zero-order valence-electron chi connectivity index (χ0n) is 5.13. The highest BCUT2D eigenvalue weighted by Gasteiger charge is 1.94. The van der Waals surface area contributed by atoms with Crippen LogP contribution in [-0.4, -0.2) is 15.9 Å². The van der Waals surface area contributed by atoms with Crippen LogP contribution in [0.4, 0.5) is 0 Å². The molecule has 0 radical (unpaired) electrons. The lowest BCUT2D eigenvalue weighted by Gasteiger charge is -1.88. The molecule has 0 aliphatic carbocycles. The summed E-state index contributed by atoms with van der Waals surface area (Å²) in [5.41, 5.74) is 1.62. The van der Waals surface area contributed by atoms with Gasteiger partial charge in [0.15, 0.2) is 0 Å². The molecule has 1 aromatic rings. The summed E-state index contributed by atoms with van der Waals surface area (Å²) >= 11 is 0. The van der Waals surface area contributed by atoms with E-state index in [0.29, 0.717) is 0 Å². The molecule has 0 aliphatic heterocycles. The second-order valence-corrected chi connectivity index (χ2v) is 1.68. The molecule has 3 N–H and O–H groups in total. The molecule has 0 amide bonds. The van der Waals surface area contributed by atoms with Crippen molar-refractivity contribution >= 4 is 5.71 Å². The van der Waals surface area contributed by atoms with Gasteiger partial charge in [-0.2, -0.15) is 10.2 Å². The van der Waals surface area contributed by atoms with Crippen LogP contribution in [0.1, 0.15) is 12.6 Å². The van der Waals surface area contributed by atoms with Gasteiger partial charge >= 0.3 is 0 Å². The first kappa shape index (κ1) is 5.81. The summed E-state index contributed by atoms with van der Waals surface area (Å²) < 4.78 is 0. The number of rotatable bonds is 1. The minimum Gasteiger partial charge on any atom is -0.323 e. The number of aromatic amines is 1. The third-order valence-corrected chi connectivity index (χ3v) is 1.08. The Balaban J connectivity index is 2.90. The fourth-order valence-corrected chi connectivity index (χ4v) is 0.527. The summed E-state index contributed by atoms with van der Waals surface area (Å²) in [6.07, 6.45) is 1.66. The number of H-pyrrole nitrogens is 1. The summed E-state index contributed by atoms with van der Waals surface area (Å²) in [4.78, 5) is 0. The molecule has 0 aliphatic rings. The van der Waals surface area contributed by atoms with Gasteiger partial charge in [-0.3, -0.25) is 5.10 Å². The van der Waals surface area contributed by atoms with Crippen LogP contribution in [0.25, 0.3) is 0 Å². The van der Waals surface area contributed by atoms with Crippen molar-refractivity contribution in [3.8, 4) is 0 Å². The van der Waals surface area contributed by atoms with Gasteiger partial charge in [-0.15, -0.1) is 0 Å². The van der Waals surface area contributed by atoms with Gasteiger partial charge in [0.05, 0.1) is 11.4 Å². The number of hydrogen-bond donors (Lipinski definition) is 2. The maximum atomic E-state index is 5.00. The monoisotopic (exact) mass is 124 g/mol. The van der Waals surface area contributed by atoms with Crippen molar-refractivity contribution in [2.24, 2.45) is 10.9 Å². The van der Waals surface area contributed by atoms with E-state index >= 15 is 0 Å². The first-order valence-electron chi connectivity index (χ1n) is 2.59. The summed E-state index contributed by atoms with van der Waals surface area (Å²) in [5, 5.41) is 9.93. The Morgan fingerprint density at radius 1 is 1.89 bits per heavy atom. The lowest BCUT2D eigenvalue weighted by molar-refractivity contribution is 1.07. The van der Waals surface area contributed by atoms with E-state index in [-0.39, 0.29) is 0 Å². The van der Waals surface area contributed by atoms with E-state index in [2.05, 4.69) is 15.3 Å². The molecule has 9 heavy (non-hydrogen) atoms. The Kier molecular flexibility index (Phi) is 1.48. The van der Waals surface area contributed by atoms with E-state index in [9.17, 15) is 0 Å². The number of aromatic nitrogens is 2. The fourth-order valence-electron chi connectivity index (χ4n) is 0.527. The quantitative estimate of drug-likeness (QED) is 0.316. The van der Waals surface area contributed by atoms with Crippen LogP contribution in [0.2, 0.25) is 0 Å². The average molecular weight is 124 g/mol. The Morgan fingerprint density at radius 3 is 3.11 bits per heavy atom. The molecule has 1 aromatic heterocycles. The van der Waals surface area contributed by atoms with Gasteiger partial charge in [0.1, 0.15) is 0 Å². The van der Waals surface area contributed by atoms with Gasteiger partial charge in [-0.05, 0) is 13.0 Å². The SMILES string of the molecule is C/C(=N/N)c1ccn[nH]1. The number of hydrogen-bond acceptors (Lipinski definition) is 3. The molecular weight excluding hydrogens is 116 g/mol. The first-order valence-corrected chi connectivity index (χ1v) is 2.59. The maximum Gasteiger partial charge on any atom is 0.0819 e. The Labute approximate surface area is 52.8 Å². The Hall–Kier alpha value is -1.32. The highest BCUT2D eigenvalue weighted by molar-refractivity contribution is 5.96. The van der Waals surface area contributed by atoms with Crippen LogP contribution >= 0.6 is 0 Å². The molecule has 0 fully saturated rings. The third kappa shape index (κ3) is 1.07. The molecule has 0 unspecified atom stereocenters. The smallest absolute Gasteiger partial charge is 0.0819 e. The second-order valence-electron chi connectivity index (χ2n) is 1.68. The fraction of sp³-hybridized carbons (Fsp3) is 0.200. The van der Waals surface area contributed by atoms with Gasteiger partial charge < -0.3 is 5.84 Å².